The molecule has 33 heavy (non-hydrogen) atoms. The monoisotopic (exact) mass is 472 g/mol. The van der Waals surface area contributed by atoms with E-state index in [0.717, 1.165) is 25.7 Å². The second-order valence-corrected chi connectivity index (χ2v) is 11.4. The third-order valence-electron chi connectivity index (χ3n) is 8.55. The summed E-state index contributed by atoms with van der Waals surface area (Å²) in [5.74, 6) is 0.607. The number of hydrogen-bond donors (Lipinski definition) is 3. The molecular formula is C26H48O7. The van der Waals surface area contributed by atoms with Gasteiger partial charge in [-0.3, -0.25) is 0 Å². The first-order valence-electron chi connectivity index (χ1n) is 13.2. The Morgan fingerprint density at radius 3 is 2.12 bits per heavy atom. The molecule has 3 N–H and O–H groups in total. The van der Waals surface area contributed by atoms with Crippen LogP contribution in [-0.2, 0) is 18.9 Å². The summed E-state index contributed by atoms with van der Waals surface area (Å²) < 4.78 is 24.8. The highest BCUT2D eigenvalue weighted by Crippen LogP contribution is 2.40. The van der Waals surface area contributed by atoms with Crippen LogP contribution in [-0.4, -0.2) is 70.6 Å². The van der Waals surface area contributed by atoms with Gasteiger partial charge in [-0.15, -0.1) is 0 Å². The highest BCUT2D eigenvalue weighted by molar-refractivity contribution is 4.95. The smallest absolute Gasteiger partial charge is 0.184 e. The van der Waals surface area contributed by atoms with Crippen molar-refractivity contribution in [1.29, 1.82) is 0 Å². The van der Waals surface area contributed by atoms with Crippen LogP contribution in [0.2, 0.25) is 0 Å². The van der Waals surface area contributed by atoms with Crippen molar-refractivity contribution in [3.63, 3.8) is 0 Å². The molecule has 7 nitrogen and oxygen atoms in total. The van der Waals surface area contributed by atoms with Crippen LogP contribution in [0.15, 0.2) is 0 Å². The fourth-order valence-electron chi connectivity index (χ4n) is 6.05. The second kappa shape index (κ2) is 11.2. The molecule has 0 bridgehead atoms. The standard InChI is InChI=1S/C26H48O7/c1-8-14(3)19-11-10-15(4)24(31-19)32-22-16(5)12-17(6)23(21(22)28)33-25-20(27)18(9-2)26(7,29)13-30-25/h14-25,27-29H,8-13H2,1-7H3/t14?,15-,16+,17-,18-,19+,20-,21+,22?,23?,24?,25?,26+/m1/s1. The van der Waals surface area contributed by atoms with Gasteiger partial charge in [0.25, 0.3) is 0 Å². The Bertz CT molecular complexity index is 613. The maximum Gasteiger partial charge on any atom is 0.184 e. The summed E-state index contributed by atoms with van der Waals surface area (Å²) in [4.78, 5) is 0. The van der Waals surface area contributed by atoms with Gasteiger partial charge in [-0.1, -0.05) is 48.0 Å². The summed E-state index contributed by atoms with van der Waals surface area (Å²) in [5.41, 5.74) is -1.11. The van der Waals surface area contributed by atoms with Gasteiger partial charge in [0.1, 0.15) is 12.2 Å². The van der Waals surface area contributed by atoms with Crippen LogP contribution < -0.4 is 0 Å². The van der Waals surface area contributed by atoms with E-state index in [-0.39, 0.29) is 42.7 Å². The van der Waals surface area contributed by atoms with Crippen molar-refractivity contribution < 1.29 is 34.3 Å². The molecular weight excluding hydrogens is 424 g/mol. The summed E-state index contributed by atoms with van der Waals surface area (Å²) in [7, 11) is 0. The van der Waals surface area contributed by atoms with Crippen molar-refractivity contribution in [2.75, 3.05) is 6.61 Å². The zero-order chi connectivity index (χ0) is 24.5. The molecule has 0 aromatic heterocycles. The van der Waals surface area contributed by atoms with Crippen LogP contribution in [0.4, 0.5) is 0 Å². The number of aliphatic hydroxyl groups excluding tert-OH is 2. The lowest BCUT2D eigenvalue weighted by Gasteiger charge is -2.49. The van der Waals surface area contributed by atoms with Crippen LogP contribution >= 0.6 is 0 Å². The van der Waals surface area contributed by atoms with Crippen LogP contribution in [0, 0.1) is 29.6 Å². The highest BCUT2D eigenvalue weighted by atomic mass is 16.7. The molecule has 3 fully saturated rings. The van der Waals surface area contributed by atoms with Gasteiger partial charge in [-0.2, -0.15) is 0 Å². The SMILES string of the molecule is CCC(C)[C@@H]1CC[C@@H](C)C(OC2[C@H](O)C(OC3OC[C@](C)(O)[C@H](CC)[C@H]3O)[C@H](C)C[C@@H]2C)O1. The van der Waals surface area contributed by atoms with E-state index in [1.54, 1.807) is 6.92 Å². The van der Waals surface area contributed by atoms with Gasteiger partial charge >= 0.3 is 0 Å². The van der Waals surface area contributed by atoms with E-state index in [4.69, 9.17) is 18.9 Å². The second-order valence-electron chi connectivity index (χ2n) is 11.4. The molecule has 1 aliphatic carbocycles. The van der Waals surface area contributed by atoms with Crippen molar-refractivity contribution in [2.45, 2.75) is 129 Å². The molecule has 3 aliphatic rings. The topological polar surface area (TPSA) is 97.6 Å². The minimum absolute atomic E-state index is 0.0747. The maximum absolute atomic E-state index is 11.4. The molecule has 0 amide bonds. The summed E-state index contributed by atoms with van der Waals surface area (Å²) in [6, 6.07) is 0. The maximum atomic E-state index is 11.4. The molecule has 0 radical (unpaired) electrons. The molecule has 2 heterocycles. The average Bonchev–Trinajstić information content (AvgIpc) is 2.76. The van der Waals surface area contributed by atoms with Crippen LogP contribution in [0.25, 0.3) is 0 Å². The van der Waals surface area contributed by atoms with Gasteiger partial charge < -0.3 is 34.3 Å². The molecule has 0 aromatic carbocycles. The summed E-state index contributed by atoms with van der Waals surface area (Å²) >= 11 is 0. The predicted octanol–water partition coefficient (Wildman–Crippen LogP) is 3.48. The normalized spacial score (nSPS) is 50.2. The molecule has 3 rings (SSSR count). The van der Waals surface area contributed by atoms with Gasteiger partial charge in [0.05, 0.1) is 30.5 Å². The van der Waals surface area contributed by atoms with Crippen molar-refractivity contribution in [3.8, 4) is 0 Å². The van der Waals surface area contributed by atoms with E-state index >= 15 is 0 Å². The number of ether oxygens (including phenoxy) is 4. The Balaban J connectivity index is 1.68. The number of hydrogen-bond acceptors (Lipinski definition) is 7. The fraction of sp³-hybridized carbons (Fsp3) is 1.00. The first kappa shape index (κ1) is 27.3. The van der Waals surface area contributed by atoms with E-state index < -0.39 is 36.3 Å². The number of aliphatic hydroxyl groups is 3. The molecule has 5 unspecified atom stereocenters. The van der Waals surface area contributed by atoms with Gasteiger partial charge in [-0.05, 0) is 50.4 Å². The lowest BCUT2D eigenvalue weighted by atomic mass is 9.76. The Labute approximate surface area is 200 Å². The van der Waals surface area contributed by atoms with E-state index in [1.165, 1.54) is 0 Å². The van der Waals surface area contributed by atoms with Crippen molar-refractivity contribution in [2.24, 2.45) is 29.6 Å². The first-order chi connectivity index (χ1) is 15.5. The van der Waals surface area contributed by atoms with Crippen LogP contribution in [0.3, 0.4) is 0 Å². The van der Waals surface area contributed by atoms with E-state index in [2.05, 4.69) is 34.6 Å². The molecule has 7 heteroatoms. The molecule has 0 aromatic rings. The van der Waals surface area contributed by atoms with Crippen molar-refractivity contribution in [1.82, 2.24) is 0 Å². The molecule has 1 saturated carbocycles. The minimum atomic E-state index is -1.11. The van der Waals surface area contributed by atoms with Crippen molar-refractivity contribution >= 4 is 0 Å². The zero-order valence-corrected chi connectivity index (χ0v) is 21.6. The highest BCUT2D eigenvalue weighted by Gasteiger charge is 2.50. The third-order valence-corrected chi connectivity index (χ3v) is 8.55. The Morgan fingerprint density at radius 2 is 1.55 bits per heavy atom. The van der Waals surface area contributed by atoms with Gasteiger partial charge in [0, 0.05) is 11.8 Å². The molecule has 0 spiro atoms. The molecule has 2 aliphatic heterocycles. The van der Waals surface area contributed by atoms with Gasteiger partial charge in [-0.25, -0.2) is 0 Å². The van der Waals surface area contributed by atoms with Gasteiger partial charge in [0.15, 0.2) is 12.6 Å². The van der Waals surface area contributed by atoms with Gasteiger partial charge in [0.2, 0.25) is 0 Å². The predicted molar refractivity (Wildman–Crippen MR) is 125 cm³/mol. The average molecular weight is 473 g/mol. The van der Waals surface area contributed by atoms with Crippen molar-refractivity contribution in [3.05, 3.63) is 0 Å². The third kappa shape index (κ3) is 5.93. The first-order valence-corrected chi connectivity index (χ1v) is 13.2. The van der Waals surface area contributed by atoms with Crippen LogP contribution in [0.5, 0.6) is 0 Å². The Kier molecular flexibility index (Phi) is 9.26. The largest absolute Gasteiger partial charge is 0.388 e. The molecule has 2 saturated heterocycles. The Hall–Kier alpha value is -0.280. The number of rotatable bonds is 7. The zero-order valence-electron chi connectivity index (χ0n) is 21.6. The summed E-state index contributed by atoms with van der Waals surface area (Å²) in [6.07, 6.45) is 0.786. The summed E-state index contributed by atoms with van der Waals surface area (Å²) in [5, 5.41) is 32.8. The quantitative estimate of drug-likeness (QED) is 0.522. The lowest BCUT2D eigenvalue weighted by Crippen LogP contribution is -2.60. The van der Waals surface area contributed by atoms with E-state index in [9.17, 15) is 15.3 Å². The Morgan fingerprint density at radius 1 is 0.939 bits per heavy atom. The fourth-order valence-corrected chi connectivity index (χ4v) is 6.05. The summed E-state index contributed by atoms with van der Waals surface area (Å²) in [6.45, 7) is 14.4. The van der Waals surface area contributed by atoms with E-state index in [1.807, 2.05) is 6.92 Å². The van der Waals surface area contributed by atoms with E-state index in [0.29, 0.717) is 12.3 Å². The molecule has 13 atom stereocenters. The lowest BCUT2D eigenvalue weighted by molar-refractivity contribution is -0.324. The minimum Gasteiger partial charge on any atom is -0.388 e. The van der Waals surface area contributed by atoms with Crippen LogP contribution in [0.1, 0.15) is 80.6 Å². The molecule has 194 valence electrons.